The molecular formula is C15H17NO3S. The molecule has 1 N–H and O–H groups in total. The first kappa shape index (κ1) is 14.7. The molecule has 106 valence electrons. The van der Waals surface area contributed by atoms with Gasteiger partial charge in [-0.25, -0.2) is 0 Å². The number of nitrogens with zero attached hydrogens (tertiary/aromatic N) is 1. The molecule has 0 radical (unpaired) electrons. The lowest BCUT2D eigenvalue weighted by Crippen LogP contribution is -1.99. The van der Waals surface area contributed by atoms with E-state index in [1.165, 1.54) is 0 Å². The summed E-state index contributed by atoms with van der Waals surface area (Å²) in [6.45, 7) is 2.04. The highest BCUT2D eigenvalue weighted by Crippen LogP contribution is 2.25. The van der Waals surface area contributed by atoms with Crippen molar-refractivity contribution in [1.29, 1.82) is 0 Å². The maximum Gasteiger partial charge on any atom is 0.185 e. The van der Waals surface area contributed by atoms with Gasteiger partial charge in [0.1, 0.15) is 5.69 Å². The van der Waals surface area contributed by atoms with E-state index in [2.05, 4.69) is 5.16 Å². The number of Topliss-reactive ketones (excluding diaryl/α,β-unsaturated/α-hetero) is 1. The summed E-state index contributed by atoms with van der Waals surface area (Å²) in [6, 6.07) is 5.55. The fraction of sp³-hybridized carbons (Fsp3) is 0.333. The van der Waals surface area contributed by atoms with Crippen LogP contribution in [-0.2, 0) is 0 Å². The smallest absolute Gasteiger partial charge is 0.185 e. The van der Waals surface area contributed by atoms with Crippen molar-refractivity contribution in [2.45, 2.75) is 19.8 Å². The molecule has 0 spiro atoms. The van der Waals surface area contributed by atoms with Crippen molar-refractivity contribution < 1.29 is 14.4 Å². The van der Waals surface area contributed by atoms with Gasteiger partial charge in [0.15, 0.2) is 11.5 Å². The average Bonchev–Trinajstić information content (AvgIpc) is 3.12. The summed E-state index contributed by atoms with van der Waals surface area (Å²) < 4.78 is 5.18. The summed E-state index contributed by atoms with van der Waals surface area (Å²) in [5.41, 5.74) is 0.372. The lowest BCUT2D eigenvalue weighted by Gasteiger charge is -1.98. The highest BCUT2D eigenvalue weighted by atomic mass is 32.1. The van der Waals surface area contributed by atoms with Crippen LogP contribution in [0.15, 0.2) is 40.3 Å². The fourth-order valence-electron chi connectivity index (χ4n) is 1.67. The van der Waals surface area contributed by atoms with E-state index in [1.54, 1.807) is 17.4 Å². The largest absolute Gasteiger partial charge is 0.396 e. The number of carbonyl (C=O) groups is 1. The minimum atomic E-state index is -0.0298. The molecule has 20 heavy (non-hydrogen) atoms. The number of hydrogen-bond donors (Lipinski definition) is 1. The number of allylic oxidation sites excluding steroid dienone is 1. The predicted molar refractivity (Wildman–Crippen MR) is 78.8 cm³/mol. The van der Waals surface area contributed by atoms with Crippen LogP contribution < -0.4 is 0 Å². The number of aliphatic hydroxyl groups excluding tert-OH is 1. The second-order valence-corrected chi connectivity index (χ2v) is 5.55. The van der Waals surface area contributed by atoms with Crippen molar-refractivity contribution in [3.63, 3.8) is 0 Å². The molecule has 0 aromatic carbocycles. The fourth-order valence-corrected chi connectivity index (χ4v) is 2.35. The van der Waals surface area contributed by atoms with E-state index in [4.69, 9.17) is 9.63 Å². The quantitative estimate of drug-likeness (QED) is 0.626. The van der Waals surface area contributed by atoms with Gasteiger partial charge in [0.05, 0.1) is 4.88 Å². The van der Waals surface area contributed by atoms with Crippen LogP contribution in [0.4, 0.5) is 0 Å². The second kappa shape index (κ2) is 7.17. The van der Waals surface area contributed by atoms with Crippen molar-refractivity contribution in [3.05, 3.63) is 41.4 Å². The molecule has 0 saturated carbocycles. The highest BCUT2D eigenvalue weighted by Gasteiger charge is 2.13. The topological polar surface area (TPSA) is 63.3 Å². The molecule has 0 aliphatic heterocycles. The molecule has 2 aromatic heterocycles. The molecular weight excluding hydrogens is 274 g/mol. The predicted octanol–water partition coefficient (Wildman–Crippen LogP) is 3.55. The van der Waals surface area contributed by atoms with Crippen LogP contribution in [0.2, 0.25) is 0 Å². The number of carbonyl (C=O) groups excluding carboxylic acids is 1. The summed E-state index contributed by atoms with van der Waals surface area (Å²) in [5, 5.41) is 14.6. The van der Waals surface area contributed by atoms with Gasteiger partial charge in [-0.1, -0.05) is 30.3 Å². The Balaban J connectivity index is 1.89. The van der Waals surface area contributed by atoms with Crippen molar-refractivity contribution in [2.24, 2.45) is 5.92 Å². The number of rotatable bonds is 7. The maximum absolute atomic E-state index is 11.9. The molecule has 1 unspecified atom stereocenters. The van der Waals surface area contributed by atoms with Crippen LogP contribution >= 0.6 is 11.3 Å². The van der Waals surface area contributed by atoms with Crippen molar-refractivity contribution >= 4 is 17.1 Å². The van der Waals surface area contributed by atoms with Crippen LogP contribution in [0.1, 0.15) is 30.3 Å². The number of thiophene rings is 1. The monoisotopic (exact) mass is 291 g/mol. The molecule has 0 bridgehead atoms. The Labute approximate surface area is 121 Å². The highest BCUT2D eigenvalue weighted by molar-refractivity contribution is 7.13. The molecule has 0 saturated heterocycles. The van der Waals surface area contributed by atoms with Gasteiger partial charge in [0, 0.05) is 19.1 Å². The Hall–Kier alpha value is -1.72. The Morgan fingerprint density at radius 3 is 3.15 bits per heavy atom. The zero-order valence-electron chi connectivity index (χ0n) is 11.3. The molecule has 4 nitrogen and oxygen atoms in total. The van der Waals surface area contributed by atoms with Gasteiger partial charge in [-0.05, 0) is 23.8 Å². The third kappa shape index (κ3) is 3.88. The standard InChI is InChI=1S/C15H17NO3S/c1-11(10-17)5-2-3-6-13(18)12-9-14(19-16-12)15-7-4-8-20-15/h2,4-5,7-9,11,17H,3,6,10H2,1H3/b5-2+. The second-order valence-electron chi connectivity index (χ2n) is 4.60. The molecule has 0 aliphatic rings. The Bertz CT molecular complexity index is 572. The number of hydrogen-bond acceptors (Lipinski definition) is 5. The zero-order chi connectivity index (χ0) is 14.4. The van der Waals surface area contributed by atoms with Crippen molar-refractivity contribution in [3.8, 4) is 10.6 Å². The van der Waals surface area contributed by atoms with Crippen LogP contribution in [-0.4, -0.2) is 22.7 Å². The van der Waals surface area contributed by atoms with Crippen LogP contribution in [0.25, 0.3) is 10.6 Å². The number of aliphatic hydroxyl groups is 1. The lowest BCUT2D eigenvalue weighted by atomic mass is 10.1. The van der Waals surface area contributed by atoms with Gasteiger partial charge in [0.25, 0.3) is 0 Å². The SMILES string of the molecule is CC(/C=C/CCC(=O)c1cc(-c2cccs2)on1)CO. The third-order valence-electron chi connectivity index (χ3n) is 2.85. The molecule has 0 amide bonds. The molecule has 2 heterocycles. The molecule has 1 atom stereocenters. The molecule has 2 aromatic rings. The van der Waals surface area contributed by atoms with Gasteiger partial charge < -0.3 is 9.63 Å². The van der Waals surface area contributed by atoms with E-state index in [0.29, 0.717) is 24.3 Å². The van der Waals surface area contributed by atoms with E-state index in [0.717, 1.165) is 4.88 Å². The van der Waals surface area contributed by atoms with E-state index in [9.17, 15) is 4.79 Å². The van der Waals surface area contributed by atoms with Gasteiger partial charge in [-0.3, -0.25) is 4.79 Å². The summed E-state index contributed by atoms with van der Waals surface area (Å²) in [7, 11) is 0. The minimum absolute atomic E-state index is 0.0298. The van der Waals surface area contributed by atoms with Gasteiger partial charge in [0.2, 0.25) is 0 Å². The van der Waals surface area contributed by atoms with Crippen molar-refractivity contribution in [1.82, 2.24) is 5.16 Å². The molecule has 5 heteroatoms. The normalized spacial score (nSPS) is 12.9. The summed E-state index contributed by atoms with van der Waals surface area (Å²) in [6.07, 6.45) is 4.86. The first-order valence-electron chi connectivity index (χ1n) is 6.52. The molecule has 2 rings (SSSR count). The Morgan fingerprint density at radius 2 is 2.45 bits per heavy atom. The Kier molecular flexibility index (Phi) is 5.26. The van der Waals surface area contributed by atoms with E-state index < -0.39 is 0 Å². The van der Waals surface area contributed by atoms with Gasteiger partial charge in [-0.2, -0.15) is 0 Å². The van der Waals surface area contributed by atoms with Crippen LogP contribution in [0.5, 0.6) is 0 Å². The van der Waals surface area contributed by atoms with Crippen LogP contribution in [0.3, 0.4) is 0 Å². The zero-order valence-corrected chi connectivity index (χ0v) is 12.1. The summed E-state index contributed by atoms with van der Waals surface area (Å²) in [5.74, 6) is 0.730. The van der Waals surface area contributed by atoms with Gasteiger partial charge >= 0.3 is 0 Å². The minimum Gasteiger partial charge on any atom is -0.396 e. The van der Waals surface area contributed by atoms with Gasteiger partial charge in [-0.15, -0.1) is 11.3 Å². The maximum atomic E-state index is 11.9. The summed E-state index contributed by atoms with van der Waals surface area (Å²) in [4.78, 5) is 12.9. The van der Waals surface area contributed by atoms with E-state index in [-0.39, 0.29) is 18.3 Å². The number of aromatic nitrogens is 1. The van der Waals surface area contributed by atoms with E-state index >= 15 is 0 Å². The molecule has 0 fully saturated rings. The number of ketones is 1. The average molecular weight is 291 g/mol. The third-order valence-corrected chi connectivity index (χ3v) is 3.73. The first-order valence-corrected chi connectivity index (χ1v) is 7.40. The summed E-state index contributed by atoms with van der Waals surface area (Å²) >= 11 is 1.55. The molecule has 0 aliphatic carbocycles. The van der Waals surface area contributed by atoms with E-state index in [1.807, 2.05) is 36.6 Å². The lowest BCUT2D eigenvalue weighted by molar-refractivity contribution is 0.0975. The van der Waals surface area contributed by atoms with Crippen LogP contribution in [0, 0.1) is 5.92 Å². The Morgan fingerprint density at radius 1 is 1.60 bits per heavy atom. The first-order chi connectivity index (χ1) is 9.70. The van der Waals surface area contributed by atoms with Crippen molar-refractivity contribution in [2.75, 3.05) is 6.61 Å².